The number of anilines is 1. The summed E-state index contributed by atoms with van der Waals surface area (Å²) >= 11 is 0. The number of nitrogens with zero attached hydrogens (tertiary/aromatic N) is 2. The molecule has 0 radical (unpaired) electrons. The number of likely N-dealkylation sites (N-methyl/N-ethyl adjacent to an activating group) is 1. The van der Waals surface area contributed by atoms with Crippen molar-refractivity contribution in [2.45, 2.75) is 6.04 Å². The van der Waals surface area contributed by atoms with Gasteiger partial charge in [-0.25, -0.2) is 4.79 Å². The van der Waals surface area contributed by atoms with Crippen LogP contribution in [0.4, 0.5) is 10.5 Å². The summed E-state index contributed by atoms with van der Waals surface area (Å²) in [5, 5.41) is 5.91. The van der Waals surface area contributed by atoms with Crippen molar-refractivity contribution in [2.75, 3.05) is 51.9 Å². The first kappa shape index (κ1) is 18.6. The van der Waals surface area contributed by atoms with Crippen LogP contribution in [0, 0.1) is 0 Å². The van der Waals surface area contributed by atoms with Crippen LogP contribution >= 0.6 is 0 Å². The van der Waals surface area contributed by atoms with E-state index in [4.69, 9.17) is 9.47 Å². The van der Waals surface area contributed by atoms with E-state index >= 15 is 0 Å². The van der Waals surface area contributed by atoms with Crippen LogP contribution in [0.5, 0.6) is 11.5 Å². The Balaban J connectivity index is 1.46. The molecule has 1 atom stereocenters. The lowest BCUT2D eigenvalue weighted by Gasteiger charge is -2.38. The van der Waals surface area contributed by atoms with Crippen molar-refractivity contribution < 1.29 is 14.3 Å². The molecular weight excluding hydrogens is 356 g/mol. The molecule has 0 saturated carbocycles. The van der Waals surface area contributed by atoms with E-state index in [1.54, 1.807) is 0 Å². The highest BCUT2D eigenvalue weighted by molar-refractivity contribution is 5.89. The predicted molar refractivity (Wildman–Crippen MR) is 108 cm³/mol. The average Bonchev–Trinajstić information content (AvgIpc) is 3.18. The Morgan fingerprint density at radius 1 is 1.04 bits per heavy atom. The summed E-state index contributed by atoms with van der Waals surface area (Å²) < 4.78 is 11.0. The Morgan fingerprint density at radius 2 is 1.79 bits per heavy atom. The fourth-order valence-electron chi connectivity index (χ4n) is 3.60. The van der Waals surface area contributed by atoms with Gasteiger partial charge in [0.25, 0.3) is 0 Å². The summed E-state index contributed by atoms with van der Waals surface area (Å²) in [5.74, 6) is 1.54. The topological polar surface area (TPSA) is 66.1 Å². The maximum atomic E-state index is 12.4. The van der Waals surface area contributed by atoms with Crippen LogP contribution in [-0.2, 0) is 0 Å². The van der Waals surface area contributed by atoms with Crippen LogP contribution in [0.25, 0.3) is 0 Å². The van der Waals surface area contributed by atoms with E-state index < -0.39 is 0 Å². The molecule has 7 heteroatoms. The number of para-hydroxylation sites is 1. The van der Waals surface area contributed by atoms with Crippen LogP contribution in [0.2, 0.25) is 0 Å². The summed E-state index contributed by atoms with van der Waals surface area (Å²) in [6, 6.07) is 15.4. The van der Waals surface area contributed by atoms with Crippen molar-refractivity contribution in [1.29, 1.82) is 0 Å². The van der Waals surface area contributed by atoms with E-state index in [-0.39, 0.29) is 18.9 Å². The Hall–Kier alpha value is -2.77. The number of piperazine rings is 1. The van der Waals surface area contributed by atoms with Gasteiger partial charge in [-0.1, -0.05) is 24.3 Å². The van der Waals surface area contributed by atoms with Gasteiger partial charge in [0.15, 0.2) is 11.5 Å². The molecule has 1 saturated heterocycles. The standard InChI is InChI=1S/C21H26N4O3/c1-24-9-11-25(12-10-24)18(16-7-8-19-20(13-16)28-15-27-19)14-22-21(26)23-17-5-3-2-4-6-17/h2-8,13,18H,9-12,14-15H2,1H3,(H2,22,23,26)/t18-/m1/s1. The van der Waals surface area contributed by atoms with Gasteiger partial charge in [-0.3, -0.25) is 4.90 Å². The molecule has 2 aliphatic rings. The van der Waals surface area contributed by atoms with Crippen LogP contribution in [0.1, 0.15) is 11.6 Å². The largest absolute Gasteiger partial charge is 0.454 e. The van der Waals surface area contributed by atoms with Crippen molar-refractivity contribution in [3.63, 3.8) is 0 Å². The van der Waals surface area contributed by atoms with Gasteiger partial charge in [-0.05, 0) is 36.9 Å². The van der Waals surface area contributed by atoms with Crippen molar-refractivity contribution in [3.8, 4) is 11.5 Å². The number of amides is 2. The second-order valence-corrected chi connectivity index (χ2v) is 7.17. The summed E-state index contributed by atoms with van der Waals surface area (Å²) in [6.45, 7) is 4.71. The van der Waals surface area contributed by atoms with E-state index in [0.29, 0.717) is 6.54 Å². The lowest BCUT2D eigenvalue weighted by atomic mass is 10.0. The smallest absolute Gasteiger partial charge is 0.319 e. The number of nitrogens with one attached hydrogen (secondary N) is 2. The van der Waals surface area contributed by atoms with Gasteiger partial charge in [-0.2, -0.15) is 0 Å². The molecule has 1 fully saturated rings. The van der Waals surface area contributed by atoms with E-state index in [0.717, 1.165) is 48.9 Å². The lowest BCUT2D eigenvalue weighted by Crippen LogP contribution is -2.48. The third-order valence-electron chi connectivity index (χ3n) is 5.25. The molecular formula is C21H26N4O3. The van der Waals surface area contributed by atoms with Crippen LogP contribution in [0.3, 0.4) is 0 Å². The van der Waals surface area contributed by atoms with Gasteiger partial charge in [0, 0.05) is 38.4 Å². The van der Waals surface area contributed by atoms with Gasteiger partial charge in [0.05, 0.1) is 6.04 Å². The minimum Gasteiger partial charge on any atom is -0.454 e. The van der Waals surface area contributed by atoms with Crippen LogP contribution < -0.4 is 20.1 Å². The van der Waals surface area contributed by atoms with Gasteiger partial charge in [-0.15, -0.1) is 0 Å². The zero-order chi connectivity index (χ0) is 19.3. The average molecular weight is 382 g/mol. The second kappa shape index (κ2) is 8.50. The number of carbonyl (C=O) groups is 1. The summed E-state index contributed by atoms with van der Waals surface area (Å²) in [5.41, 5.74) is 1.90. The van der Waals surface area contributed by atoms with Crippen LogP contribution in [0.15, 0.2) is 48.5 Å². The zero-order valence-corrected chi connectivity index (χ0v) is 16.1. The second-order valence-electron chi connectivity index (χ2n) is 7.17. The fraction of sp³-hybridized carbons (Fsp3) is 0.381. The molecule has 0 aliphatic carbocycles. The highest BCUT2D eigenvalue weighted by Crippen LogP contribution is 2.35. The summed E-state index contributed by atoms with van der Waals surface area (Å²) in [4.78, 5) is 17.1. The molecule has 2 aliphatic heterocycles. The zero-order valence-electron chi connectivity index (χ0n) is 16.1. The molecule has 4 rings (SSSR count). The molecule has 148 valence electrons. The Morgan fingerprint density at radius 3 is 2.57 bits per heavy atom. The molecule has 2 aromatic carbocycles. The van der Waals surface area contributed by atoms with Gasteiger partial charge >= 0.3 is 6.03 Å². The number of ether oxygens (including phenoxy) is 2. The van der Waals surface area contributed by atoms with E-state index in [9.17, 15) is 4.79 Å². The van der Waals surface area contributed by atoms with Gasteiger partial charge in [0.2, 0.25) is 6.79 Å². The molecule has 0 unspecified atom stereocenters. The normalized spacial score (nSPS) is 17.9. The Kier molecular flexibility index (Phi) is 5.64. The minimum atomic E-state index is -0.203. The number of hydrogen-bond acceptors (Lipinski definition) is 5. The molecule has 2 heterocycles. The Labute approximate surface area is 165 Å². The SMILES string of the molecule is CN1CCN([C@H](CNC(=O)Nc2ccccc2)c2ccc3c(c2)OCO3)CC1. The number of fused-ring (bicyclic) bond motifs is 1. The molecule has 2 N–H and O–H groups in total. The number of rotatable bonds is 5. The lowest BCUT2D eigenvalue weighted by molar-refractivity contribution is 0.111. The van der Waals surface area contributed by atoms with E-state index in [2.05, 4.69) is 33.5 Å². The number of carbonyl (C=O) groups excluding carboxylic acids is 1. The first-order valence-corrected chi connectivity index (χ1v) is 9.61. The maximum absolute atomic E-state index is 12.4. The molecule has 0 bridgehead atoms. The van der Waals surface area contributed by atoms with Gasteiger partial charge < -0.3 is 25.0 Å². The molecule has 2 amide bonds. The monoisotopic (exact) mass is 382 g/mol. The third kappa shape index (κ3) is 4.37. The molecule has 0 spiro atoms. The minimum absolute atomic E-state index is 0.0738. The maximum Gasteiger partial charge on any atom is 0.319 e. The van der Waals surface area contributed by atoms with Crippen molar-refractivity contribution in [3.05, 3.63) is 54.1 Å². The number of urea groups is 1. The molecule has 2 aromatic rings. The first-order valence-electron chi connectivity index (χ1n) is 9.61. The predicted octanol–water partition coefficient (Wildman–Crippen LogP) is 2.53. The van der Waals surface area contributed by atoms with Crippen molar-refractivity contribution in [2.24, 2.45) is 0 Å². The van der Waals surface area contributed by atoms with Crippen molar-refractivity contribution in [1.82, 2.24) is 15.1 Å². The third-order valence-corrected chi connectivity index (χ3v) is 5.25. The van der Waals surface area contributed by atoms with Crippen LogP contribution in [-0.4, -0.2) is 62.4 Å². The first-order chi connectivity index (χ1) is 13.7. The van der Waals surface area contributed by atoms with E-state index in [1.165, 1.54) is 0 Å². The molecule has 0 aromatic heterocycles. The quantitative estimate of drug-likeness (QED) is 0.832. The highest BCUT2D eigenvalue weighted by Gasteiger charge is 2.26. The van der Waals surface area contributed by atoms with Gasteiger partial charge in [0.1, 0.15) is 0 Å². The summed E-state index contributed by atoms with van der Waals surface area (Å²) in [6.07, 6.45) is 0. The Bertz CT molecular complexity index is 807. The van der Waals surface area contributed by atoms with Crippen molar-refractivity contribution >= 4 is 11.7 Å². The molecule has 7 nitrogen and oxygen atoms in total. The van der Waals surface area contributed by atoms with E-state index in [1.807, 2.05) is 42.5 Å². The number of hydrogen-bond donors (Lipinski definition) is 2. The summed E-state index contributed by atoms with van der Waals surface area (Å²) in [7, 11) is 2.14. The highest BCUT2D eigenvalue weighted by atomic mass is 16.7. The number of benzene rings is 2. The molecule has 28 heavy (non-hydrogen) atoms. The fourth-order valence-corrected chi connectivity index (χ4v) is 3.60.